The molecule has 0 aliphatic rings. The number of aryl methyl sites for hydroxylation is 1. The first-order valence-corrected chi connectivity index (χ1v) is 9.32. The second-order valence-corrected chi connectivity index (χ2v) is 7.11. The first kappa shape index (κ1) is 22.1. The fourth-order valence-electron chi connectivity index (χ4n) is 2.54. The molecular formula is C22H25FN2O4. The molecule has 0 fully saturated rings. The molecule has 2 aromatic rings. The van der Waals surface area contributed by atoms with Gasteiger partial charge in [-0.25, -0.2) is 9.18 Å². The van der Waals surface area contributed by atoms with E-state index in [9.17, 15) is 18.8 Å². The standard InChI is InChI=1S/C22H25FN2O4/c1-13(2)19(25-21(27)17-7-5-6-8-18(17)23)22(28)29-15(4)20(26)24-16-11-9-14(3)10-12-16/h5-13,15,19H,1-4H3,(H,24,26)(H,25,27)/t15-,19+/m1/s1. The lowest BCUT2D eigenvalue weighted by Crippen LogP contribution is -2.47. The first-order valence-electron chi connectivity index (χ1n) is 9.32. The Balaban J connectivity index is 2.01. The Bertz CT molecular complexity index is 881. The number of carbonyl (C=O) groups excluding carboxylic acids is 3. The molecule has 0 saturated carbocycles. The van der Waals surface area contributed by atoms with Gasteiger partial charge in [-0.3, -0.25) is 9.59 Å². The topological polar surface area (TPSA) is 84.5 Å². The van der Waals surface area contributed by atoms with Gasteiger partial charge in [-0.15, -0.1) is 0 Å². The van der Waals surface area contributed by atoms with Crippen LogP contribution in [0.5, 0.6) is 0 Å². The Hall–Kier alpha value is -3.22. The summed E-state index contributed by atoms with van der Waals surface area (Å²) in [6, 6.07) is 11.6. The number of nitrogens with one attached hydrogen (secondary N) is 2. The third-order valence-corrected chi connectivity index (χ3v) is 4.31. The quantitative estimate of drug-likeness (QED) is 0.697. The third-order valence-electron chi connectivity index (χ3n) is 4.31. The maximum Gasteiger partial charge on any atom is 0.329 e. The molecule has 154 valence electrons. The van der Waals surface area contributed by atoms with E-state index >= 15 is 0 Å². The Morgan fingerprint density at radius 2 is 1.59 bits per heavy atom. The summed E-state index contributed by atoms with van der Waals surface area (Å²) in [6.07, 6.45) is -1.07. The summed E-state index contributed by atoms with van der Waals surface area (Å²) >= 11 is 0. The van der Waals surface area contributed by atoms with Crippen molar-refractivity contribution in [1.82, 2.24) is 5.32 Å². The van der Waals surface area contributed by atoms with Crippen molar-refractivity contribution in [2.45, 2.75) is 39.8 Å². The van der Waals surface area contributed by atoms with E-state index in [4.69, 9.17) is 4.74 Å². The minimum absolute atomic E-state index is 0.170. The molecule has 7 heteroatoms. The average molecular weight is 400 g/mol. The minimum Gasteiger partial charge on any atom is -0.451 e. The van der Waals surface area contributed by atoms with Crippen LogP contribution in [0.3, 0.4) is 0 Å². The molecule has 0 radical (unpaired) electrons. The molecule has 2 aromatic carbocycles. The summed E-state index contributed by atoms with van der Waals surface area (Å²) in [6.45, 7) is 6.80. The molecule has 0 spiro atoms. The molecule has 2 amide bonds. The van der Waals surface area contributed by atoms with Crippen molar-refractivity contribution in [1.29, 1.82) is 0 Å². The highest BCUT2D eigenvalue weighted by molar-refractivity contribution is 5.98. The highest BCUT2D eigenvalue weighted by Crippen LogP contribution is 2.12. The summed E-state index contributed by atoms with van der Waals surface area (Å²) in [7, 11) is 0. The predicted molar refractivity (Wildman–Crippen MR) is 108 cm³/mol. The lowest BCUT2D eigenvalue weighted by atomic mass is 10.0. The van der Waals surface area contributed by atoms with Crippen molar-refractivity contribution in [2.75, 3.05) is 5.32 Å². The lowest BCUT2D eigenvalue weighted by Gasteiger charge is -2.23. The molecule has 29 heavy (non-hydrogen) atoms. The van der Waals surface area contributed by atoms with Crippen LogP contribution in [0, 0.1) is 18.7 Å². The number of amides is 2. The monoisotopic (exact) mass is 400 g/mol. The zero-order valence-corrected chi connectivity index (χ0v) is 16.9. The number of halogens is 1. The van der Waals surface area contributed by atoms with E-state index in [2.05, 4.69) is 10.6 Å². The fraction of sp³-hybridized carbons (Fsp3) is 0.318. The molecule has 2 atom stereocenters. The van der Waals surface area contributed by atoms with E-state index in [1.165, 1.54) is 25.1 Å². The SMILES string of the molecule is Cc1ccc(NC(=O)[C@@H](C)OC(=O)[C@@H](NC(=O)c2ccccc2F)C(C)C)cc1. The highest BCUT2D eigenvalue weighted by atomic mass is 19.1. The normalized spacial score (nSPS) is 12.8. The van der Waals surface area contributed by atoms with E-state index < -0.39 is 35.7 Å². The maximum absolute atomic E-state index is 13.8. The van der Waals surface area contributed by atoms with Gasteiger partial charge in [-0.1, -0.05) is 43.7 Å². The number of hydrogen-bond donors (Lipinski definition) is 2. The Morgan fingerprint density at radius 1 is 0.966 bits per heavy atom. The number of anilines is 1. The minimum atomic E-state index is -1.07. The van der Waals surface area contributed by atoms with Crippen molar-refractivity contribution in [2.24, 2.45) is 5.92 Å². The fourth-order valence-corrected chi connectivity index (χ4v) is 2.54. The van der Waals surface area contributed by atoms with Crippen molar-refractivity contribution in [3.8, 4) is 0 Å². The van der Waals surface area contributed by atoms with Gasteiger partial charge in [0.1, 0.15) is 11.9 Å². The lowest BCUT2D eigenvalue weighted by molar-refractivity contribution is -0.156. The van der Waals surface area contributed by atoms with E-state index in [0.717, 1.165) is 11.6 Å². The van der Waals surface area contributed by atoms with Gasteiger partial charge in [-0.2, -0.15) is 0 Å². The number of esters is 1. The van der Waals surface area contributed by atoms with Gasteiger partial charge in [0.25, 0.3) is 11.8 Å². The first-order chi connectivity index (χ1) is 13.7. The van der Waals surface area contributed by atoms with Crippen LogP contribution in [0.4, 0.5) is 10.1 Å². The number of carbonyl (C=O) groups is 3. The Labute approximate surface area is 169 Å². The predicted octanol–water partition coefficient (Wildman–Crippen LogP) is 3.46. The van der Waals surface area contributed by atoms with E-state index in [-0.39, 0.29) is 11.5 Å². The number of rotatable bonds is 7. The summed E-state index contributed by atoms with van der Waals surface area (Å²) in [5.41, 5.74) is 1.46. The Kier molecular flexibility index (Phi) is 7.47. The molecule has 0 aliphatic heterocycles. The van der Waals surface area contributed by atoms with Crippen LogP contribution < -0.4 is 10.6 Å². The molecular weight excluding hydrogens is 375 g/mol. The van der Waals surface area contributed by atoms with Gasteiger partial charge in [0, 0.05) is 5.69 Å². The molecule has 0 aromatic heterocycles. The van der Waals surface area contributed by atoms with Gasteiger partial charge < -0.3 is 15.4 Å². The number of benzene rings is 2. The van der Waals surface area contributed by atoms with Crippen LogP contribution in [-0.4, -0.2) is 29.9 Å². The van der Waals surface area contributed by atoms with Crippen LogP contribution in [0.15, 0.2) is 48.5 Å². The average Bonchev–Trinajstić information content (AvgIpc) is 2.67. The summed E-state index contributed by atoms with van der Waals surface area (Å²) in [5, 5.41) is 5.15. The van der Waals surface area contributed by atoms with Gasteiger partial charge in [0.2, 0.25) is 0 Å². The second-order valence-electron chi connectivity index (χ2n) is 7.11. The van der Waals surface area contributed by atoms with Crippen LogP contribution in [0.25, 0.3) is 0 Å². The van der Waals surface area contributed by atoms with Crippen molar-refractivity contribution in [3.63, 3.8) is 0 Å². The van der Waals surface area contributed by atoms with Gasteiger partial charge >= 0.3 is 5.97 Å². The largest absolute Gasteiger partial charge is 0.451 e. The molecule has 0 bridgehead atoms. The molecule has 0 heterocycles. The van der Waals surface area contributed by atoms with Crippen LogP contribution in [0.1, 0.15) is 36.7 Å². The van der Waals surface area contributed by atoms with E-state index in [1.54, 1.807) is 26.0 Å². The van der Waals surface area contributed by atoms with Crippen molar-refractivity contribution >= 4 is 23.5 Å². The zero-order valence-electron chi connectivity index (χ0n) is 16.9. The Morgan fingerprint density at radius 3 is 2.17 bits per heavy atom. The van der Waals surface area contributed by atoms with Crippen molar-refractivity contribution < 1.29 is 23.5 Å². The van der Waals surface area contributed by atoms with Gasteiger partial charge in [-0.05, 0) is 44.0 Å². The summed E-state index contributed by atoms with van der Waals surface area (Å²) < 4.78 is 19.0. The number of hydrogen-bond acceptors (Lipinski definition) is 4. The smallest absolute Gasteiger partial charge is 0.329 e. The highest BCUT2D eigenvalue weighted by Gasteiger charge is 2.29. The molecule has 0 aliphatic carbocycles. The van der Waals surface area contributed by atoms with Crippen LogP contribution in [-0.2, 0) is 14.3 Å². The molecule has 0 unspecified atom stereocenters. The molecule has 0 saturated heterocycles. The van der Waals surface area contributed by atoms with Gasteiger partial charge in [0.05, 0.1) is 5.56 Å². The third kappa shape index (κ3) is 6.14. The van der Waals surface area contributed by atoms with E-state index in [0.29, 0.717) is 5.69 Å². The van der Waals surface area contributed by atoms with Crippen molar-refractivity contribution in [3.05, 3.63) is 65.5 Å². The summed E-state index contributed by atoms with van der Waals surface area (Å²) in [5.74, 6) is -3.01. The zero-order chi connectivity index (χ0) is 21.6. The van der Waals surface area contributed by atoms with Crippen LogP contribution in [0.2, 0.25) is 0 Å². The number of ether oxygens (including phenoxy) is 1. The van der Waals surface area contributed by atoms with Gasteiger partial charge in [0.15, 0.2) is 6.10 Å². The molecule has 2 N–H and O–H groups in total. The summed E-state index contributed by atoms with van der Waals surface area (Å²) in [4.78, 5) is 37.2. The molecule has 2 rings (SSSR count). The van der Waals surface area contributed by atoms with Crippen LogP contribution >= 0.6 is 0 Å². The van der Waals surface area contributed by atoms with E-state index in [1.807, 2.05) is 19.1 Å². The maximum atomic E-state index is 13.8. The second kappa shape index (κ2) is 9.82. The molecule has 6 nitrogen and oxygen atoms in total.